The number of benzene rings is 1. The summed E-state index contributed by atoms with van der Waals surface area (Å²) < 4.78 is 0. The first-order valence-electron chi connectivity index (χ1n) is 7.89. The molecule has 19 heavy (non-hydrogen) atoms. The van der Waals surface area contributed by atoms with Gasteiger partial charge in [0, 0.05) is 25.2 Å². The van der Waals surface area contributed by atoms with E-state index in [1.165, 1.54) is 50.9 Å². The Hall–Kier alpha value is -0.860. The zero-order valence-electron chi connectivity index (χ0n) is 11.9. The van der Waals surface area contributed by atoms with Crippen molar-refractivity contribution in [1.82, 2.24) is 10.2 Å². The minimum Gasteiger partial charge on any atom is -0.314 e. The normalized spacial score (nSPS) is 34.3. The smallest absolute Gasteiger partial charge is 0.0368 e. The quantitative estimate of drug-likeness (QED) is 0.768. The van der Waals surface area contributed by atoms with Gasteiger partial charge in [-0.2, -0.15) is 0 Å². The fraction of sp³-hybridized carbons (Fsp3) is 0.647. The van der Waals surface area contributed by atoms with Crippen LogP contribution >= 0.6 is 0 Å². The second kappa shape index (κ2) is 4.60. The molecule has 0 spiro atoms. The van der Waals surface area contributed by atoms with Gasteiger partial charge in [-0.1, -0.05) is 18.2 Å². The Morgan fingerprint density at radius 2 is 2.26 bits per heavy atom. The van der Waals surface area contributed by atoms with Gasteiger partial charge in [-0.15, -0.1) is 0 Å². The number of fused-ring (bicyclic) bond motifs is 4. The van der Waals surface area contributed by atoms with Crippen LogP contribution in [-0.4, -0.2) is 30.6 Å². The van der Waals surface area contributed by atoms with E-state index in [0.717, 1.165) is 12.0 Å². The molecule has 0 radical (unpaired) electrons. The first-order valence-corrected chi connectivity index (χ1v) is 7.89. The highest BCUT2D eigenvalue weighted by atomic mass is 15.2. The van der Waals surface area contributed by atoms with Gasteiger partial charge in [0.2, 0.25) is 0 Å². The van der Waals surface area contributed by atoms with E-state index in [9.17, 15) is 0 Å². The van der Waals surface area contributed by atoms with E-state index in [1.807, 2.05) is 0 Å². The van der Waals surface area contributed by atoms with E-state index in [-0.39, 0.29) is 0 Å². The molecule has 3 aliphatic rings. The highest BCUT2D eigenvalue weighted by Gasteiger charge is 2.39. The Kier molecular flexibility index (Phi) is 2.89. The number of nitrogens with zero attached hydrogens (tertiary/aromatic N) is 1. The van der Waals surface area contributed by atoms with Crippen molar-refractivity contribution in [1.29, 1.82) is 0 Å². The van der Waals surface area contributed by atoms with Crippen LogP contribution in [0.3, 0.4) is 0 Å². The van der Waals surface area contributed by atoms with Gasteiger partial charge >= 0.3 is 0 Å². The zero-order chi connectivity index (χ0) is 12.8. The lowest BCUT2D eigenvalue weighted by Crippen LogP contribution is -2.54. The summed E-state index contributed by atoms with van der Waals surface area (Å²) in [5.41, 5.74) is 4.76. The van der Waals surface area contributed by atoms with Crippen molar-refractivity contribution < 1.29 is 0 Å². The van der Waals surface area contributed by atoms with Crippen molar-refractivity contribution in [3.8, 4) is 0 Å². The van der Waals surface area contributed by atoms with E-state index in [1.54, 1.807) is 11.1 Å². The monoisotopic (exact) mass is 256 g/mol. The van der Waals surface area contributed by atoms with Gasteiger partial charge in [-0.25, -0.2) is 0 Å². The molecule has 2 fully saturated rings. The molecule has 4 rings (SSSR count). The highest BCUT2D eigenvalue weighted by molar-refractivity contribution is 5.39. The van der Waals surface area contributed by atoms with E-state index < -0.39 is 0 Å². The summed E-state index contributed by atoms with van der Waals surface area (Å²) in [7, 11) is 0. The summed E-state index contributed by atoms with van der Waals surface area (Å²) in [6, 6.07) is 8.31. The maximum atomic E-state index is 3.78. The minimum atomic E-state index is 0.678. The van der Waals surface area contributed by atoms with E-state index in [2.05, 4.69) is 35.3 Å². The second-order valence-corrected chi connectivity index (χ2v) is 6.61. The molecule has 1 aromatic carbocycles. The van der Waals surface area contributed by atoms with Gasteiger partial charge in [0.05, 0.1) is 0 Å². The van der Waals surface area contributed by atoms with Crippen LogP contribution in [0.2, 0.25) is 0 Å². The van der Waals surface area contributed by atoms with Crippen LogP contribution < -0.4 is 5.32 Å². The van der Waals surface area contributed by atoms with Gasteiger partial charge < -0.3 is 5.32 Å². The molecule has 2 nitrogen and oxygen atoms in total. The third-order valence-corrected chi connectivity index (χ3v) is 5.53. The molecule has 102 valence electrons. The fourth-order valence-electron chi connectivity index (χ4n) is 4.58. The molecule has 2 heteroatoms. The predicted octanol–water partition coefficient (Wildman–Crippen LogP) is 2.67. The Morgan fingerprint density at radius 3 is 3.21 bits per heavy atom. The summed E-state index contributed by atoms with van der Waals surface area (Å²) >= 11 is 0. The molecule has 0 bridgehead atoms. The number of hydrogen-bond acceptors (Lipinski definition) is 2. The Labute approximate surface area is 116 Å². The Balaban J connectivity index is 1.68. The van der Waals surface area contributed by atoms with Crippen LogP contribution in [-0.2, 0) is 6.42 Å². The van der Waals surface area contributed by atoms with Crippen LogP contribution in [0.4, 0.5) is 0 Å². The molecular formula is C17H24N2. The van der Waals surface area contributed by atoms with Crippen LogP contribution in [0.25, 0.3) is 0 Å². The lowest BCUT2D eigenvalue weighted by molar-refractivity contribution is 0.0549. The van der Waals surface area contributed by atoms with Crippen molar-refractivity contribution in [2.75, 3.05) is 19.6 Å². The summed E-state index contributed by atoms with van der Waals surface area (Å²) in [4.78, 5) is 2.77. The Morgan fingerprint density at radius 1 is 1.32 bits per heavy atom. The average molecular weight is 256 g/mol. The second-order valence-electron chi connectivity index (χ2n) is 6.61. The fourth-order valence-corrected chi connectivity index (χ4v) is 4.58. The summed E-state index contributed by atoms with van der Waals surface area (Å²) in [5.74, 6) is 0.899. The lowest BCUT2D eigenvalue weighted by Gasteiger charge is -2.49. The molecule has 0 aromatic heterocycles. The lowest BCUT2D eigenvalue weighted by atomic mass is 9.76. The maximum absolute atomic E-state index is 3.78. The first-order chi connectivity index (χ1) is 9.33. The number of rotatable bonds is 0. The van der Waals surface area contributed by atoms with Crippen LogP contribution in [0.1, 0.15) is 42.0 Å². The summed E-state index contributed by atoms with van der Waals surface area (Å²) in [6.07, 6.45) is 5.37. The average Bonchev–Trinajstić information content (AvgIpc) is 2.45. The van der Waals surface area contributed by atoms with E-state index in [0.29, 0.717) is 6.04 Å². The molecule has 3 atom stereocenters. The van der Waals surface area contributed by atoms with Crippen LogP contribution in [0.15, 0.2) is 18.2 Å². The number of hydrogen-bond donors (Lipinski definition) is 1. The molecule has 1 N–H and O–H groups in total. The molecule has 3 heterocycles. The van der Waals surface area contributed by atoms with Crippen molar-refractivity contribution in [2.24, 2.45) is 5.92 Å². The first kappa shape index (κ1) is 11.9. The maximum Gasteiger partial charge on any atom is 0.0368 e. The van der Waals surface area contributed by atoms with Gasteiger partial charge in [0.25, 0.3) is 0 Å². The van der Waals surface area contributed by atoms with Gasteiger partial charge in [-0.3, -0.25) is 4.90 Å². The number of nitrogens with one attached hydrogen (secondary N) is 1. The highest BCUT2D eigenvalue weighted by Crippen LogP contribution is 2.41. The van der Waals surface area contributed by atoms with Gasteiger partial charge in [0.1, 0.15) is 0 Å². The number of piperidine rings is 2. The molecule has 0 amide bonds. The standard InChI is InChI=1S/C17H24N2/c1-12-4-2-5-13-7-9-19-11-14-6-3-8-18-15(14)10-16(19)17(12)13/h2,4-5,14-16,18H,3,6-11H2,1H3. The molecule has 1 aromatic rings. The number of aryl methyl sites for hydroxylation is 1. The van der Waals surface area contributed by atoms with Crippen molar-refractivity contribution in [3.05, 3.63) is 34.9 Å². The molecule has 3 aliphatic heterocycles. The SMILES string of the molecule is Cc1cccc2c1C1CC3NCCCC3CN1CC2. The molecule has 2 saturated heterocycles. The molecule has 0 aliphatic carbocycles. The molecular weight excluding hydrogens is 232 g/mol. The van der Waals surface area contributed by atoms with Crippen molar-refractivity contribution >= 4 is 0 Å². The van der Waals surface area contributed by atoms with Crippen LogP contribution in [0.5, 0.6) is 0 Å². The topological polar surface area (TPSA) is 15.3 Å². The third kappa shape index (κ3) is 1.93. The van der Waals surface area contributed by atoms with E-state index in [4.69, 9.17) is 0 Å². The van der Waals surface area contributed by atoms with Crippen molar-refractivity contribution in [2.45, 2.75) is 44.7 Å². The van der Waals surface area contributed by atoms with E-state index >= 15 is 0 Å². The molecule has 3 unspecified atom stereocenters. The third-order valence-electron chi connectivity index (χ3n) is 5.53. The predicted molar refractivity (Wildman–Crippen MR) is 78.3 cm³/mol. The van der Waals surface area contributed by atoms with Crippen LogP contribution in [0, 0.1) is 12.8 Å². The van der Waals surface area contributed by atoms with Gasteiger partial charge in [0.15, 0.2) is 0 Å². The largest absolute Gasteiger partial charge is 0.314 e. The zero-order valence-corrected chi connectivity index (χ0v) is 11.9. The summed E-state index contributed by atoms with van der Waals surface area (Å²) in [6.45, 7) is 6.11. The molecule has 0 saturated carbocycles. The van der Waals surface area contributed by atoms with Crippen molar-refractivity contribution in [3.63, 3.8) is 0 Å². The summed E-state index contributed by atoms with van der Waals surface area (Å²) in [5, 5.41) is 3.78. The van der Waals surface area contributed by atoms with Gasteiger partial charge in [-0.05, 0) is 61.8 Å². The Bertz CT molecular complexity index is 482. The minimum absolute atomic E-state index is 0.678.